The summed E-state index contributed by atoms with van der Waals surface area (Å²) in [5.74, 6) is -2.44. The Morgan fingerprint density at radius 2 is 1.70 bits per heavy atom. The van der Waals surface area contributed by atoms with Gasteiger partial charge in [-0.2, -0.15) is 18.3 Å². The summed E-state index contributed by atoms with van der Waals surface area (Å²) >= 11 is 6.04. The predicted octanol–water partition coefficient (Wildman–Crippen LogP) is 4.77. The van der Waals surface area contributed by atoms with Gasteiger partial charge in [-0.25, -0.2) is 5.43 Å². The van der Waals surface area contributed by atoms with Crippen LogP contribution in [0.2, 0.25) is 5.02 Å². The zero-order valence-corrected chi connectivity index (χ0v) is 20.0. The molecule has 0 aromatic heterocycles. The standard InChI is InChI=1S/C25H20ClF3N4O4/c1-15-20(26)9-4-10-21(15)32-22(34)14-37-19-8-2-5-16(11-19)13-30-33-24(36)23(35)31-18-7-3-6-17(12-18)25(27,28)29/h2-13H,14H2,1H3,(H,31,35)(H,32,34)(H,33,36)/b30-13-. The van der Waals surface area contributed by atoms with Crippen molar-refractivity contribution in [2.75, 3.05) is 17.2 Å². The zero-order chi connectivity index (χ0) is 27.0. The Hall–Kier alpha value is -4.38. The number of nitrogens with one attached hydrogen (secondary N) is 3. The first-order valence-corrected chi connectivity index (χ1v) is 11.0. The van der Waals surface area contributed by atoms with Crippen LogP contribution >= 0.6 is 11.6 Å². The fourth-order valence-electron chi connectivity index (χ4n) is 2.94. The Balaban J connectivity index is 1.51. The van der Waals surface area contributed by atoms with Gasteiger partial charge in [-0.3, -0.25) is 14.4 Å². The maximum absolute atomic E-state index is 12.8. The van der Waals surface area contributed by atoms with E-state index in [1.165, 1.54) is 18.3 Å². The number of amides is 3. The summed E-state index contributed by atoms with van der Waals surface area (Å²) < 4.78 is 43.8. The Bertz CT molecular complexity index is 1350. The molecule has 0 heterocycles. The van der Waals surface area contributed by atoms with Gasteiger partial charge in [-0.15, -0.1) is 0 Å². The maximum atomic E-state index is 12.8. The molecule has 0 fully saturated rings. The second kappa shape index (κ2) is 12.0. The van der Waals surface area contributed by atoms with Crippen molar-refractivity contribution >= 4 is 46.9 Å². The van der Waals surface area contributed by atoms with Gasteiger partial charge in [0.25, 0.3) is 5.91 Å². The summed E-state index contributed by atoms with van der Waals surface area (Å²) in [7, 11) is 0. The lowest BCUT2D eigenvalue weighted by Gasteiger charge is -2.10. The van der Waals surface area contributed by atoms with Gasteiger partial charge in [0, 0.05) is 16.4 Å². The van der Waals surface area contributed by atoms with E-state index in [-0.39, 0.29) is 12.3 Å². The van der Waals surface area contributed by atoms with Crippen molar-refractivity contribution in [3.8, 4) is 5.75 Å². The van der Waals surface area contributed by atoms with Crippen molar-refractivity contribution in [3.05, 3.63) is 88.4 Å². The lowest BCUT2D eigenvalue weighted by molar-refractivity contribution is -0.137. The number of halogens is 4. The molecule has 3 rings (SSSR count). The van der Waals surface area contributed by atoms with Crippen LogP contribution < -0.4 is 20.8 Å². The van der Waals surface area contributed by atoms with Gasteiger partial charge in [0.15, 0.2) is 6.61 Å². The molecular formula is C25H20ClF3N4O4. The summed E-state index contributed by atoms with van der Waals surface area (Å²) in [5, 5.41) is 8.96. The third kappa shape index (κ3) is 8.07. The SMILES string of the molecule is Cc1c(Cl)cccc1NC(=O)COc1cccc(/C=N\NC(=O)C(=O)Nc2cccc(C(F)(F)F)c2)c1. The molecule has 192 valence electrons. The number of hydrazone groups is 1. The van der Waals surface area contributed by atoms with Gasteiger partial charge in [-0.1, -0.05) is 35.9 Å². The monoisotopic (exact) mass is 532 g/mol. The molecule has 0 unspecified atom stereocenters. The number of rotatable bonds is 7. The molecule has 0 aliphatic heterocycles. The summed E-state index contributed by atoms with van der Waals surface area (Å²) in [6.07, 6.45) is -3.37. The van der Waals surface area contributed by atoms with Gasteiger partial charge in [-0.05, 0) is 60.5 Å². The Labute approximate surface area is 214 Å². The summed E-state index contributed by atoms with van der Waals surface area (Å²) in [5.41, 5.74) is 2.58. The smallest absolute Gasteiger partial charge is 0.416 e. The van der Waals surface area contributed by atoms with Crippen molar-refractivity contribution in [3.63, 3.8) is 0 Å². The lowest BCUT2D eigenvalue weighted by Crippen LogP contribution is -2.32. The van der Waals surface area contributed by atoms with Crippen LogP contribution in [0.5, 0.6) is 5.75 Å². The van der Waals surface area contributed by atoms with Crippen molar-refractivity contribution < 1.29 is 32.3 Å². The van der Waals surface area contributed by atoms with E-state index >= 15 is 0 Å². The minimum absolute atomic E-state index is 0.196. The van der Waals surface area contributed by atoms with Gasteiger partial charge < -0.3 is 15.4 Å². The second-order valence-corrected chi connectivity index (χ2v) is 7.96. The highest BCUT2D eigenvalue weighted by Gasteiger charge is 2.30. The first-order chi connectivity index (χ1) is 17.5. The van der Waals surface area contributed by atoms with Crippen LogP contribution in [0.15, 0.2) is 71.8 Å². The molecule has 0 atom stereocenters. The highest BCUT2D eigenvalue weighted by atomic mass is 35.5. The Kier molecular flexibility index (Phi) is 8.86. The molecule has 12 heteroatoms. The number of nitrogens with zero attached hydrogens (tertiary/aromatic N) is 1. The average Bonchev–Trinajstić information content (AvgIpc) is 2.85. The summed E-state index contributed by atoms with van der Waals surface area (Å²) in [6.45, 7) is 1.49. The van der Waals surface area contributed by atoms with Crippen LogP contribution in [0.1, 0.15) is 16.7 Å². The molecular weight excluding hydrogens is 513 g/mol. The third-order valence-corrected chi connectivity index (χ3v) is 5.21. The molecule has 3 amide bonds. The predicted molar refractivity (Wildman–Crippen MR) is 133 cm³/mol. The largest absolute Gasteiger partial charge is 0.484 e. The van der Waals surface area contributed by atoms with Gasteiger partial charge >= 0.3 is 18.0 Å². The molecule has 0 bridgehead atoms. The molecule has 3 aromatic rings. The first-order valence-electron chi connectivity index (χ1n) is 10.6. The second-order valence-electron chi connectivity index (χ2n) is 7.55. The van der Waals surface area contributed by atoms with Crippen molar-refractivity contribution in [1.82, 2.24) is 5.43 Å². The molecule has 37 heavy (non-hydrogen) atoms. The van der Waals surface area contributed by atoms with Crippen molar-refractivity contribution in [2.24, 2.45) is 5.10 Å². The van der Waals surface area contributed by atoms with E-state index in [4.69, 9.17) is 16.3 Å². The minimum atomic E-state index is -4.59. The number of hydrogen-bond donors (Lipinski definition) is 3. The molecule has 3 N–H and O–H groups in total. The van der Waals surface area contributed by atoms with Crippen LogP contribution in [-0.2, 0) is 20.6 Å². The number of benzene rings is 3. The van der Waals surface area contributed by atoms with Crippen LogP contribution in [-0.4, -0.2) is 30.5 Å². The van der Waals surface area contributed by atoms with Crippen molar-refractivity contribution in [1.29, 1.82) is 0 Å². The molecule has 0 saturated carbocycles. The highest BCUT2D eigenvalue weighted by molar-refractivity contribution is 6.39. The molecule has 0 spiro atoms. The molecule has 3 aromatic carbocycles. The Morgan fingerprint density at radius 3 is 2.46 bits per heavy atom. The number of carbonyl (C=O) groups excluding carboxylic acids is 3. The topological polar surface area (TPSA) is 109 Å². The summed E-state index contributed by atoms with van der Waals surface area (Å²) in [6, 6.07) is 15.4. The van der Waals surface area contributed by atoms with E-state index in [0.29, 0.717) is 28.1 Å². The molecule has 0 saturated heterocycles. The number of ether oxygens (including phenoxy) is 1. The fourth-order valence-corrected chi connectivity index (χ4v) is 3.11. The fraction of sp³-hybridized carbons (Fsp3) is 0.120. The zero-order valence-electron chi connectivity index (χ0n) is 19.2. The van der Waals surface area contributed by atoms with Crippen LogP contribution in [0.4, 0.5) is 24.5 Å². The minimum Gasteiger partial charge on any atom is -0.484 e. The van der Waals surface area contributed by atoms with E-state index in [9.17, 15) is 27.6 Å². The quantitative estimate of drug-likeness (QED) is 0.231. The Morgan fingerprint density at radius 1 is 0.973 bits per heavy atom. The lowest BCUT2D eigenvalue weighted by atomic mass is 10.2. The van der Waals surface area contributed by atoms with Crippen LogP contribution in [0.25, 0.3) is 0 Å². The van der Waals surface area contributed by atoms with Gasteiger partial charge in [0.2, 0.25) is 0 Å². The van der Waals surface area contributed by atoms with Gasteiger partial charge in [0.1, 0.15) is 5.75 Å². The number of alkyl halides is 3. The van der Waals surface area contributed by atoms with Gasteiger partial charge in [0.05, 0.1) is 11.8 Å². The molecule has 0 aliphatic carbocycles. The van der Waals surface area contributed by atoms with Crippen LogP contribution in [0, 0.1) is 6.92 Å². The van der Waals surface area contributed by atoms with E-state index in [2.05, 4.69) is 15.7 Å². The molecule has 0 radical (unpaired) electrons. The van der Waals surface area contributed by atoms with E-state index < -0.39 is 29.5 Å². The number of carbonyl (C=O) groups is 3. The normalized spacial score (nSPS) is 11.2. The average molecular weight is 533 g/mol. The highest BCUT2D eigenvalue weighted by Crippen LogP contribution is 2.30. The van der Waals surface area contributed by atoms with E-state index in [0.717, 1.165) is 17.7 Å². The third-order valence-electron chi connectivity index (χ3n) is 4.80. The van der Waals surface area contributed by atoms with E-state index in [1.54, 1.807) is 43.3 Å². The molecule has 8 nitrogen and oxygen atoms in total. The number of anilines is 2. The van der Waals surface area contributed by atoms with Crippen molar-refractivity contribution in [2.45, 2.75) is 13.1 Å². The van der Waals surface area contributed by atoms with Crippen LogP contribution in [0.3, 0.4) is 0 Å². The molecule has 0 aliphatic rings. The maximum Gasteiger partial charge on any atom is 0.416 e. The summed E-state index contributed by atoms with van der Waals surface area (Å²) in [4.78, 5) is 36.1. The first kappa shape index (κ1) is 27.2. The number of hydrogen-bond acceptors (Lipinski definition) is 5. The van der Waals surface area contributed by atoms with E-state index in [1.807, 2.05) is 5.43 Å².